The predicted octanol–water partition coefficient (Wildman–Crippen LogP) is 9.95. The molecule has 0 saturated carbocycles. The molecule has 1 unspecified atom stereocenters. The Morgan fingerprint density at radius 3 is 1.83 bits per heavy atom. The highest BCUT2D eigenvalue weighted by Crippen LogP contribution is 2.38. The highest BCUT2D eigenvalue weighted by Gasteiger charge is 2.31. The van der Waals surface area contributed by atoms with Crippen LogP contribution in [0.2, 0.25) is 0 Å². The molecule has 0 saturated heterocycles. The summed E-state index contributed by atoms with van der Waals surface area (Å²) in [5.41, 5.74) is 10.7. The van der Waals surface area contributed by atoms with Gasteiger partial charge in [-0.15, -0.1) is 0 Å². The van der Waals surface area contributed by atoms with E-state index in [9.17, 15) is 0 Å². The smallest absolute Gasteiger partial charge is 0.150 e. The first-order chi connectivity index (χ1) is 23.6. The second-order valence-electron chi connectivity index (χ2n) is 12.6. The van der Waals surface area contributed by atoms with Gasteiger partial charge in [-0.2, -0.15) is 5.10 Å². The van der Waals surface area contributed by atoms with Gasteiger partial charge in [0.25, 0.3) is 0 Å². The Morgan fingerprint density at radius 2 is 1.21 bits per heavy atom. The predicted molar refractivity (Wildman–Crippen MR) is 202 cm³/mol. The standard InChI is InChI=1S/C43H43N5/c1-4-46(5-2)37-24-20-35(21-25-37)41-29-42(48(45-41)43-28-32(3)39-18-12-13-19-40(39)44-43)36-22-26-38(27-23-36)47(30-33-14-8-6-9-15-33)31-34-16-10-7-11-17-34/h6-28,42H,4-5,29-31H2,1-3H3. The van der Waals surface area contributed by atoms with Gasteiger partial charge >= 0.3 is 0 Å². The fourth-order valence-electron chi connectivity index (χ4n) is 6.81. The zero-order valence-electron chi connectivity index (χ0n) is 28.1. The highest BCUT2D eigenvalue weighted by molar-refractivity contribution is 6.03. The Bertz CT molecular complexity index is 1940. The number of rotatable bonds is 11. The lowest BCUT2D eigenvalue weighted by atomic mass is 9.97. The monoisotopic (exact) mass is 629 g/mol. The summed E-state index contributed by atoms with van der Waals surface area (Å²) < 4.78 is 0. The van der Waals surface area contributed by atoms with E-state index in [1.807, 2.05) is 0 Å². The van der Waals surface area contributed by atoms with E-state index in [0.717, 1.165) is 55.2 Å². The molecule has 6 aromatic rings. The van der Waals surface area contributed by atoms with Crippen molar-refractivity contribution in [1.29, 1.82) is 0 Å². The molecule has 5 heteroatoms. The van der Waals surface area contributed by atoms with E-state index in [4.69, 9.17) is 10.1 Å². The first-order valence-electron chi connectivity index (χ1n) is 17.1. The Labute approximate surface area is 284 Å². The molecule has 1 aliphatic rings. The van der Waals surface area contributed by atoms with Gasteiger partial charge in [-0.25, -0.2) is 9.99 Å². The zero-order valence-corrected chi connectivity index (χ0v) is 28.1. The molecule has 1 atom stereocenters. The summed E-state index contributed by atoms with van der Waals surface area (Å²) in [6.45, 7) is 10.2. The number of para-hydroxylation sites is 1. The van der Waals surface area contributed by atoms with Crippen molar-refractivity contribution >= 4 is 33.8 Å². The molecular formula is C43H43N5. The SMILES string of the molecule is CCN(CC)c1ccc(C2=NN(c3cc(C)c4ccccc4n3)C(c3ccc(N(Cc4ccccc4)Cc4ccccc4)cc3)C2)cc1. The van der Waals surface area contributed by atoms with Crippen LogP contribution in [0.15, 0.2) is 145 Å². The fraction of sp³-hybridized carbons (Fsp3) is 0.209. The third-order valence-corrected chi connectivity index (χ3v) is 9.46. The zero-order chi connectivity index (χ0) is 32.9. The number of nitrogens with zero attached hydrogens (tertiary/aromatic N) is 5. The van der Waals surface area contributed by atoms with E-state index in [-0.39, 0.29) is 6.04 Å². The molecule has 0 aliphatic carbocycles. The van der Waals surface area contributed by atoms with Gasteiger partial charge in [0.15, 0.2) is 0 Å². The molecule has 0 radical (unpaired) electrons. The molecule has 240 valence electrons. The average Bonchev–Trinajstić information content (AvgIpc) is 3.59. The summed E-state index contributed by atoms with van der Waals surface area (Å²) in [5, 5.41) is 8.60. The van der Waals surface area contributed by atoms with E-state index in [1.54, 1.807) is 0 Å². The number of benzene rings is 5. The Kier molecular flexibility index (Phi) is 9.19. The van der Waals surface area contributed by atoms with Crippen LogP contribution >= 0.6 is 0 Å². The van der Waals surface area contributed by atoms with Gasteiger partial charge in [-0.05, 0) is 85.0 Å². The maximum atomic E-state index is 5.28. The number of aromatic nitrogens is 1. The second-order valence-corrected chi connectivity index (χ2v) is 12.6. The van der Waals surface area contributed by atoms with Crippen LogP contribution in [0.1, 0.15) is 54.1 Å². The largest absolute Gasteiger partial charge is 0.372 e. The topological polar surface area (TPSA) is 35.0 Å². The maximum absolute atomic E-state index is 5.28. The van der Waals surface area contributed by atoms with Crippen molar-refractivity contribution in [2.24, 2.45) is 5.10 Å². The average molecular weight is 630 g/mol. The van der Waals surface area contributed by atoms with Crippen molar-refractivity contribution in [1.82, 2.24) is 4.98 Å². The fourth-order valence-corrected chi connectivity index (χ4v) is 6.81. The van der Waals surface area contributed by atoms with E-state index >= 15 is 0 Å². The Hall–Kier alpha value is -5.42. The third kappa shape index (κ3) is 6.68. The molecule has 5 aromatic carbocycles. The van der Waals surface area contributed by atoms with Crippen molar-refractivity contribution in [2.45, 2.75) is 46.3 Å². The number of pyridine rings is 1. The summed E-state index contributed by atoms with van der Waals surface area (Å²) in [5.74, 6) is 0.879. The summed E-state index contributed by atoms with van der Waals surface area (Å²) in [4.78, 5) is 9.95. The molecule has 5 nitrogen and oxygen atoms in total. The van der Waals surface area contributed by atoms with Gasteiger partial charge in [-0.1, -0.05) is 103 Å². The van der Waals surface area contributed by atoms with Crippen molar-refractivity contribution < 1.29 is 0 Å². The highest BCUT2D eigenvalue weighted by atomic mass is 15.5. The number of fused-ring (bicyclic) bond motifs is 1. The lowest BCUT2D eigenvalue weighted by Crippen LogP contribution is -2.23. The van der Waals surface area contributed by atoms with Crippen molar-refractivity contribution in [3.8, 4) is 0 Å². The van der Waals surface area contributed by atoms with Crippen LogP contribution in [0.25, 0.3) is 10.9 Å². The Morgan fingerprint density at radius 1 is 0.646 bits per heavy atom. The Balaban J connectivity index is 1.22. The van der Waals surface area contributed by atoms with Crippen molar-refractivity contribution in [2.75, 3.05) is 27.9 Å². The lowest BCUT2D eigenvalue weighted by Gasteiger charge is -2.27. The van der Waals surface area contributed by atoms with Gasteiger partial charge in [0, 0.05) is 49.4 Å². The molecule has 7 rings (SSSR count). The second kappa shape index (κ2) is 14.1. The van der Waals surface area contributed by atoms with Crippen LogP contribution in [-0.4, -0.2) is 23.8 Å². The summed E-state index contributed by atoms with van der Waals surface area (Å²) in [6, 6.07) is 50.0. The van der Waals surface area contributed by atoms with Crippen molar-refractivity contribution in [3.63, 3.8) is 0 Å². The van der Waals surface area contributed by atoms with Crippen LogP contribution in [0, 0.1) is 6.92 Å². The van der Waals surface area contributed by atoms with E-state index in [1.165, 1.54) is 39.0 Å². The first kappa shape index (κ1) is 31.2. The van der Waals surface area contributed by atoms with Gasteiger partial charge in [-0.3, -0.25) is 0 Å². The summed E-state index contributed by atoms with van der Waals surface area (Å²) >= 11 is 0. The minimum absolute atomic E-state index is 0.0290. The minimum atomic E-state index is 0.0290. The van der Waals surface area contributed by atoms with Gasteiger partial charge < -0.3 is 9.80 Å². The molecule has 0 bridgehead atoms. The van der Waals surface area contributed by atoms with E-state index < -0.39 is 0 Å². The molecular weight excluding hydrogens is 587 g/mol. The van der Waals surface area contributed by atoms with E-state index in [2.05, 4.69) is 175 Å². The van der Waals surface area contributed by atoms with Crippen LogP contribution in [0.3, 0.4) is 0 Å². The molecule has 0 amide bonds. The van der Waals surface area contributed by atoms with Gasteiger partial charge in [0.05, 0.1) is 17.3 Å². The molecule has 0 N–H and O–H groups in total. The maximum Gasteiger partial charge on any atom is 0.150 e. The molecule has 2 heterocycles. The normalized spacial score (nSPS) is 14.3. The van der Waals surface area contributed by atoms with Crippen molar-refractivity contribution in [3.05, 3.63) is 167 Å². The van der Waals surface area contributed by atoms with Gasteiger partial charge in [0.2, 0.25) is 0 Å². The van der Waals surface area contributed by atoms with E-state index in [0.29, 0.717) is 0 Å². The van der Waals surface area contributed by atoms with Crippen LogP contribution in [0.4, 0.5) is 17.2 Å². The molecule has 48 heavy (non-hydrogen) atoms. The molecule has 1 aliphatic heterocycles. The van der Waals surface area contributed by atoms with Crippen LogP contribution < -0.4 is 14.8 Å². The number of aryl methyl sites for hydroxylation is 1. The summed E-state index contributed by atoms with van der Waals surface area (Å²) in [7, 11) is 0. The van der Waals surface area contributed by atoms with Crippen LogP contribution in [0.5, 0.6) is 0 Å². The third-order valence-electron chi connectivity index (χ3n) is 9.46. The first-order valence-corrected chi connectivity index (χ1v) is 17.1. The quantitative estimate of drug-likeness (QED) is 0.143. The number of hydrogen-bond acceptors (Lipinski definition) is 5. The number of anilines is 3. The molecule has 0 fully saturated rings. The van der Waals surface area contributed by atoms with Crippen LogP contribution in [-0.2, 0) is 13.1 Å². The number of hydrogen-bond donors (Lipinski definition) is 0. The summed E-state index contributed by atoms with van der Waals surface area (Å²) in [6.07, 6.45) is 0.801. The lowest BCUT2D eigenvalue weighted by molar-refractivity contribution is 0.699. The minimum Gasteiger partial charge on any atom is -0.372 e. The molecule has 0 spiro atoms. The van der Waals surface area contributed by atoms with Gasteiger partial charge in [0.1, 0.15) is 5.82 Å². The molecule has 1 aromatic heterocycles. The number of hydrazone groups is 1.